The van der Waals surface area contributed by atoms with Gasteiger partial charge in [-0.1, -0.05) is 0 Å². The number of thiazole rings is 1. The monoisotopic (exact) mass is 391 g/mol. The van der Waals surface area contributed by atoms with Crippen molar-refractivity contribution in [2.24, 2.45) is 0 Å². The third-order valence-corrected chi connectivity index (χ3v) is 5.02. The number of hydrogen-bond acceptors (Lipinski definition) is 8. The summed E-state index contributed by atoms with van der Waals surface area (Å²) in [7, 11) is 3.15. The fourth-order valence-corrected chi connectivity index (χ4v) is 3.36. The van der Waals surface area contributed by atoms with Gasteiger partial charge in [-0.2, -0.15) is 0 Å². The topological polar surface area (TPSA) is 76.1 Å². The molecule has 144 valence electrons. The van der Waals surface area contributed by atoms with Crippen molar-refractivity contribution >= 4 is 23.4 Å². The van der Waals surface area contributed by atoms with Crippen LogP contribution in [0.4, 0.5) is 0 Å². The minimum Gasteiger partial charge on any atom is -0.497 e. The molecule has 1 aromatic heterocycles. The molecule has 1 aromatic carbocycles. The van der Waals surface area contributed by atoms with Gasteiger partial charge in [0, 0.05) is 18.3 Å². The first kappa shape index (κ1) is 19.3. The molecule has 0 N–H and O–H groups in total. The van der Waals surface area contributed by atoms with Crippen molar-refractivity contribution < 1.29 is 28.5 Å². The van der Waals surface area contributed by atoms with Gasteiger partial charge in [-0.05, 0) is 30.7 Å². The van der Waals surface area contributed by atoms with Gasteiger partial charge in [0.25, 0.3) is 0 Å². The van der Waals surface area contributed by atoms with Crippen molar-refractivity contribution in [1.82, 2.24) is 4.98 Å². The minimum absolute atomic E-state index is 0.422. The summed E-state index contributed by atoms with van der Waals surface area (Å²) in [6, 6.07) is 5.36. The van der Waals surface area contributed by atoms with Gasteiger partial charge in [0.1, 0.15) is 22.6 Å². The summed E-state index contributed by atoms with van der Waals surface area (Å²) < 4.78 is 26.7. The average molecular weight is 391 g/mol. The predicted octanol–water partition coefficient (Wildman–Crippen LogP) is 3.52. The molecule has 1 aliphatic heterocycles. The molecule has 0 radical (unpaired) electrons. The lowest BCUT2D eigenvalue weighted by Gasteiger charge is -2.09. The summed E-state index contributed by atoms with van der Waals surface area (Å²) in [4.78, 5) is 17.3. The summed E-state index contributed by atoms with van der Waals surface area (Å²) in [6.07, 6.45) is 3.86. The van der Waals surface area contributed by atoms with E-state index in [-0.39, 0.29) is 0 Å². The molecular weight excluding hydrogens is 370 g/mol. The second-order valence-electron chi connectivity index (χ2n) is 5.73. The average Bonchev–Trinajstić information content (AvgIpc) is 3.37. The molecular formula is C19H21NO6S. The highest BCUT2D eigenvalue weighted by atomic mass is 32.1. The molecule has 3 rings (SSSR count). The zero-order valence-corrected chi connectivity index (χ0v) is 16.2. The quantitative estimate of drug-likeness (QED) is 0.528. The molecule has 7 nitrogen and oxygen atoms in total. The first-order valence-electron chi connectivity index (χ1n) is 8.39. The van der Waals surface area contributed by atoms with Crippen LogP contribution in [0.2, 0.25) is 0 Å². The van der Waals surface area contributed by atoms with Gasteiger partial charge in [-0.3, -0.25) is 0 Å². The Hall–Kier alpha value is -2.42. The number of nitrogens with zero attached hydrogens (tertiary/aromatic N) is 1. The molecule has 0 amide bonds. The zero-order chi connectivity index (χ0) is 19.2. The van der Waals surface area contributed by atoms with Crippen molar-refractivity contribution in [2.45, 2.75) is 19.3 Å². The maximum absolute atomic E-state index is 12.1. The van der Waals surface area contributed by atoms with Crippen LogP contribution >= 0.6 is 11.3 Å². The maximum Gasteiger partial charge on any atom is 0.331 e. The number of rotatable bonds is 7. The molecule has 27 heavy (non-hydrogen) atoms. The van der Waals surface area contributed by atoms with E-state index in [9.17, 15) is 4.79 Å². The van der Waals surface area contributed by atoms with Crippen LogP contribution < -0.4 is 9.47 Å². The standard InChI is InChI=1S/C19H21NO6S/c1-12(16-11-20-18(27-16)19-24-6-7-25-19)26-17(21)5-4-13-8-14(22-2)10-15(9-13)23-3/h4-5,8-12,19H,6-7H2,1-3H3. The van der Waals surface area contributed by atoms with Crippen LogP contribution in [-0.4, -0.2) is 38.4 Å². The number of aromatic nitrogens is 1. The van der Waals surface area contributed by atoms with Crippen LogP contribution in [0, 0.1) is 0 Å². The van der Waals surface area contributed by atoms with Gasteiger partial charge in [-0.25, -0.2) is 9.78 Å². The Bertz CT molecular complexity index is 790. The number of esters is 1. The highest BCUT2D eigenvalue weighted by Gasteiger charge is 2.23. The third-order valence-electron chi connectivity index (χ3n) is 3.84. The molecule has 1 fully saturated rings. The number of methoxy groups -OCH3 is 2. The van der Waals surface area contributed by atoms with Gasteiger partial charge >= 0.3 is 5.97 Å². The second-order valence-corrected chi connectivity index (χ2v) is 6.83. The molecule has 8 heteroatoms. The number of hydrogen-bond donors (Lipinski definition) is 0. The lowest BCUT2D eigenvalue weighted by molar-refractivity contribution is -0.142. The predicted molar refractivity (Wildman–Crippen MR) is 99.8 cm³/mol. The SMILES string of the molecule is COc1cc(C=CC(=O)OC(C)c2cnc(C3OCCO3)s2)cc(OC)c1. The van der Waals surface area contributed by atoms with Crippen LogP contribution in [0.5, 0.6) is 11.5 Å². The summed E-state index contributed by atoms with van der Waals surface area (Å²) in [5.41, 5.74) is 0.770. The second kappa shape index (κ2) is 8.98. The summed E-state index contributed by atoms with van der Waals surface area (Å²) in [5.74, 6) is 0.834. The Labute approximate surface area is 161 Å². The first-order chi connectivity index (χ1) is 13.1. The van der Waals surface area contributed by atoms with E-state index < -0.39 is 18.4 Å². The van der Waals surface area contributed by atoms with Gasteiger partial charge < -0.3 is 23.7 Å². The van der Waals surface area contributed by atoms with Gasteiger partial charge in [0.05, 0.1) is 32.3 Å². The number of benzene rings is 1. The van der Waals surface area contributed by atoms with Crippen LogP contribution in [-0.2, 0) is 19.0 Å². The fourth-order valence-electron chi connectivity index (χ4n) is 2.46. The van der Waals surface area contributed by atoms with E-state index in [1.807, 2.05) is 0 Å². The Morgan fingerprint density at radius 2 is 1.89 bits per heavy atom. The van der Waals surface area contributed by atoms with Gasteiger partial charge in [0.15, 0.2) is 0 Å². The molecule has 0 bridgehead atoms. The molecule has 1 atom stereocenters. The number of ether oxygens (including phenoxy) is 5. The van der Waals surface area contributed by atoms with E-state index >= 15 is 0 Å². The molecule has 2 aromatic rings. The normalized spacial score (nSPS) is 15.8. The molecule has 1 saturated heterocycles. The highest BCUT2D eigenvalue weighted by Crippen LogP contribution is 2.31. The molecule has 0 saturated carbocycles. The lowest BCUT2D eigenvalue weighted by Crippen LogP contribution is -2.04. The minimum atomic E-state index is -0.451. The zero-order valence-electron chi connectivity index (χ0n) is 15.3. The van der Waals surface area contributed by atoms with Crippen molar-refractivity contribution in [3.63, 3.8) is 0 Å². The van der Waals surface area contributed by atoms with E-state index in [0.29, 0.717) is 24.7 Å². The summed E-state index contributed by atoms with van der Waals surface area (Å²) >= 11 is 1.41. The Balaban J connectivity index is 1.60. The van der Waals surface area contributed by atoms with Gasteiger partial charge in [-0.15, -0.1) is 11.3 Å². The van der Waals surface area contributed by atoms with Crippen LogP contribution in [0.1, 0.15) is 34.8 Å². The van der Waals surface area contributed by atoms with Crippen LogP contribution in [0.3, 0.4) is 0 Å². The lowest BCUT2D eigenvalue weighted by atomic mass is 10.2. The fraction of sp³-hybridized carbons (Fsp3) is 0.368. The summed E-state index contributed by atoms with van der Waals surface area (Å²) in [6.45, 7) is 2.92. The van der Waals surface area contributed by atoms with Crippen LogP contribution in [0.15, 0.2) is 30.5 Å². The number of carbonyl (C=O) groups excluding carboxylic acids is 1. The van der Waals surface area contributed by atoms with E-state index in [4.69, 9.17) is 23.7 Å². The third kappa shape index (κ3) is 5.06. The van der Waals surface area contributed by atoms with E-state index in [1.54, 1.807) is 51.6 Å². The molecule has 1 aliphatic rings. The summed E-state index contributed by atoms with van der Waals surface area (Å²) in [5, 5.41) is 0.726. The molecule has 2 heterocycles. The maximum atomic E-state index is 12.1. The van der Waals surface area contributed by atoms with Gasteiger partial charge in [0.2, 0.25) is 6.29 Å². The van der Waals surface area contributed by atoms with E-state index in [1.165, 1.54) is 17.4 Å². The van der Waals surface area contributed by atoms with Crippen molar-refractivity contribution in [3.8, 4) is 11.5 Å². The van der Waals surface area contributed by atoms with Crippen molar-refractivity contribution in [3.05, 3.63) is 45.9 Å². The Kier molecular flexibility index (Phi) is 6.44. The molecule has 0 aliphatic carbocycles. The van der Waals surface area contributed by atoms with Crippen molar-refractivity contribution in [1.29, 1.82) is 0 Å². The molecule has 1 unspecified atom stereocenters. The first-order valence-corrected chi connectivity index (χ1v) is 9.21. The highest BCUT2D eigenvalue weighted by molar-refractivity contribution is 7.11. The Morgan fingerprint density at radius 1 is 1.22 bits per heavy atom. The van der Waals surface area contributed by atoms with E-state index in [0.717, 1.165) is 15.4 Å². The van der Waals surface area contributed by atoms with Crippen LogP contribution in [0.25, 0.3) is 6.08 Å². The van der Waals surface area contributed by atoms with E-state index in [2.05, 4.69) is 4.98 Å². The van der Waals surface area contributed by atoms with Crippen molar-refractivity contribution in [2.75, 3.05) is 27.4 Å². The number of carbonyl (C=O) groups is 1. The smallest absolute Gasteiger partial charge is 0.331 e. The Morgan fingerprint density at radius 3 is 2.52 bits per heavy atom. The largest absolute Gasteiger partial charge is 0.497 e. The molecule has 0 spiro atoms.